The second-order valence-corrected chi connectivity index (χ2v) is 11.9. The van der Waals surface area contributed by atoms with Crippen LogP contribution in [0.2, 0.25) is 0 Å². The van der Waals surface area contributed by atoms with Crippen LogP contribution < -0.4 is 11.1 Å². The van der Waals surface area contributed by atoms with Gasteiger partial charge in [-0.1, -0.05) is 0 Å². The van der Waals surface area contributed by atoms with Crippen LogP contribution in [-0.4, -0.2) is 115 Å². The molecular formula is C27H38N8O7. The molecule has 3 aliphatic heterocycles. The molecule has 1 saturated carbocycles. The lowest BCUT2D eigenvalue weighted by Crippen LogP contribution is -2.52. The number of piperidine rings is 1. The number of carbonyl (C=O) groups excluding carboxylic acids is 3. The molecule has 15 nitrogen and oxygen atoms in total. The van der Waals surface area contributed by atoms with E-state index < -0.39 is 30.4 Å². The molecule has 5 N–H and O–H groups in total. The van der Waals surface area contributed by atoms with Crippen LogP contribution in [0.15, 0.2) is 6.33 Å². The second-order valence-electron chi connectivity index (χ2n) is 11.9. The fourth-order valence-electron chi connectivity index (χ4n) is 5.94. The molecule has 0 aromatic carbocycles. The van der Waals surface area contributed by atoms with E-state index in [9.17, 15) is 24.6 Å². The lowest BCUT2D eigenvalue weighted by molar-refractivity contribution is -0.147. The number of likely N-dealkylation sites (tertiary alicyclic amines) is 2. The largest absolute Gasteiger partial charge is 0.448 e. The fraction of sp³-hybridized carbons (Fsp3) is 0.704. The Morgan fingerprint density at radius 3 is 2.62 bits per heavy atom. The van der Waals surface area contributed by atoms with Crippen molar-refractivity contribution >= 4 is 34.9 Å². The highest BCUT2D eigenvalue weighted by Gasteiger charge is 2.48. The van der Waals surface area contributed by atoms with Gasteiger partial charge in [-0.15, -0.1) is 0 Å². The summed E-state index contributed by atoms with van der Waals surface area (Å²) in [5.74, 6) is 0.516. The molecule has 5 atom stereocenters. The maximum atomic E-state index is 12.5. The fourth-order valence-corrected chi connectivity index (χ4v) is 5.94. The number of ether oxygens (including phenoxy) is 2. The Bertz CT molecular complexity index is 1340. The van der Waals surface area contributed by atoms with E-state index in [1.807, 2.05) is 0 Å². The molecule has 15 heteroatoms. The average Bonchev–Trinajstić information content (AvgIpc) is 3.62. The summed E-state index contributed by atoms with van der Waals surface area (Å²) >= 11 is 0. The quantitative estimate of drug-likeness (QED) is 0.278. The summed E-state index contributed by atoms with van der Waals surface area (Å²) in [7, 11) is 1.73. The number of nitrogens with two attached hydrogens (primary N) is 1. The highest BCUT2D eigenvalue weighted by molar-refractivity contribution is 5.85. The number of carbonyl (C=O) groups is 3. The molecule has 6 rings (SSSR count). The molecule has 0 bridgehead atoms. The summed E-state index contributed by atoms with van der Waals surface area (Å²) in [6.45, 7) is 1.99. The molecule has 0 spiro atoms. The van der Waals surface area contributed by atoms with Gasteiger partial charge in [0.05, 0.1) is 12.2 Å². The molecule has 5 heterocycles. The molecule has 4 fully saturated rings. The lowest BCUT2D eigenvalue weighted by Gasteiger charge is -2.36. The Hall–Kier alpha value is -3.56. The molecule has 2 aromatic heterocycles. The highest BCUT2D eigenvalue weighted by Crippen LogP contribution is 2.33. The molecule has 0 radical (unpaired) electrons. The van der Waals surface area contributed by atoms with Gasteiger partial charge in [-0.2, -0.15) is 0 Å². The SMILES string of the molecule is CN1CC(COC(=O)N2CCC(CCCc3nc(N)c4ncn([C@@H]5O[C@H](C(=O)NC6CC6)[C@H](O)C5O)c4n3)CC2)C1=O. The van der Waals surface area contributed by atoms with E-state index >= 15 is 0 Å². The van der Waals surface area contributed by atoms with E-state index in [1.165, 1.54) is 10.9 Å². The topological polar surface area (TPSA) is 198 Å². The number of rotatable bonds is 9. The van der Waals surface area contributed by atoms with E-state index in [0.717, 1.165) is 38.5 Å². The van der Waals surface area contributed by atoms with Crippen LogP contribution in [0.5, 0.6) is 0 Å². The number of aliphatic hydroxyl groups is 2. The number of nitrogen functional groups attached to an aromatic ring is 1. The third-order valence-corrected chi connectivity index (χ3v) is 8.70. The van der Waals surface area contributed by atoms with Gasteiger partial charge in [0, 0.05) is 39.1 Å². The number of aryl methyl sites for hydroxylation is 1. The summed E-state index contributed by atoms with van der Waals surface area (Å²) in [4.78, 5) is 53.3. The molecule has 2 unspecified atom stereocenters. The maximum absolute atomic E-state index is 12.5. The number of aromatic nitrogens is 4. The summed E-state index contributed by atoms with van der Waals surface area (Å²) in [5.41, 5.74) is 6.89. The van der Waals surface area contributed by atoms with Gasteiger partial charge in [-0.25, -0.2) is 19.7 Å². The van der Waals surface area contributed by atoms with Gasteiger partial charge in [0.1, 0.15) is 30.2 Å². The van der Waals surface area contributed by atoms with Crippen LogP contribution in [-0.2, 0) is 25.5 Å². The zero-order chi connectivity index (χ0) is 29.5. The first-order valence-electron chi connectivity index (χ1n) is 14.7. The molecule has 3 saturated heterocycles. The second kappa shape index (κ2) is 11.6. The van der Waals surface area contributed by atoms with Crippen LogP contribution >= 0.6 is 0 Å². The van der Waals surface area contributed by atoms with Gasteiger partial charge in [0.15, 0.2) is 23.8 Å². The third-order valence-electron chi connectivity index (χ3n) is 8.70. The first-order valence-corrected chi connectivity index (χ1v) is 14.7. The Balaban J connectivity index is 1.00. The van der Waals surface area contributed by atoms with Crippen molar-refractivity contribution in [3.8, 4) is 0 Å². The number of nitrogens with one attached hydrogen (secondary N) is 1. The number of aliphatic hydroxyl groups excluding tert-OH is 2. The van der Waals surface area contributed by atoms with Crippen molar-refractivity contribution in [3.05, 3.63) is 12.2 Å². The molecule has 228 valence electrons. The zero-order valence-corrected chi connectivity index (χ0v) is 23.6. The van der Waals surface area contributed by atoms with Gasteiger partial charge < -0.3 is 40.5 Å². The van der Waals surface area contributed by atoms with Crippen LogP contribution in [0.1, 0.15) is 50.6 Å². The van der Waals surface area contributed by atoms with Crippen LogP contribution in [0.3, 0.4) is 0 Å². The zero-order valence-electron chi connectivity index (χ0n) is 23.6. The number of anilines is 1. The minimum absolute atomic E-state index is 0.0148. The Labute approximate surface area is 242 Å². The number of hydrogen-bond donors (Lipinski definition) is 4. The minimum atomic E-state index is -1.40. The summed E-state index contributed by atoms with van der Waals surface area (Å²) in [5, 5.41) is 24.0. The van der Waals surface area contributed by atoms with Crippen molar-refractivity contribution in [2.45, 2.75) is 75.5 Å². The van der Waals surface area contributed by atoms with Gasteiger partial charge in [-0.3, -0.25) is 14.2 Å². The van der Waals surface area contributed by atoms with Crippen LogP contribution in [0.25, 0.3) is 11.2 Å². The number of amides is 3. The molecular weight excluding hydrogens is 548 g/mol. The molecule has 42 heavy (non-hydrogen) atoms. The van der Waals surface area contributed by atoms with Crippen LogP contribution in [0.4, 0.5) is 10.6 Å². The highest BCUT2D eigenvalue weighted by atomic mass is 16.6. The maximum Gasteiger partial charge on any atom is 0.409 e. The Morgan fingerprint density at radius 1 is 1.17 bits per heavy atom. The van der Waals surface area contributed by atoms with Gasteiger partial charge in [-0.05, 0) is 44.4 Å². The van der Waals surface area contributed by atoms with Crippen molar-refractivity contribution in [3.63, 3.8) is 0 Å². The van der Waals surface area contributed by atoms with E-state index in [4.69, 9.17) is 15.2 Å². The van der Waals surface area contributed by atoms with Gasteiger partial charge in [0.25, 0.3) is 5.91 Å². The summed E-state index contributed by atoms with van der Waals surface area (Å²) < 4.78 is 12.6. The van der Waals surface area contributed by atoms with Crippen molar-refractivity contribution in [1.82, 2.24) is 34.6 Å². The number of β-lactam (4-membered cyclic amide) rings is 1. The first-order chi connectivity index (χ1) is 20.2. The van der Waals surface area contributed by atoms with E-state index in [0.29, 0.717) is 49.0 Å². The smallest absolute Gasteiger partial charge is 0.409 e. The number of hydrogen-bond acceptors (Lipinski definition) is 11. The third kappa shape index (κ3) is 5.72. The number of nitrogens with zero attached hydrogens (tertiary/aromatic N) is 6. The molecule has 3 amide bonds. The molecule has 2 aromatic rings. The monoisotopic (exact) mass is 586 g/mol. The standard InChI is InChI=1S/C27H38N8O7/c1-33-11-15(25(33)39)12-41-27(40)34-9-7-14(8-10-34)3-2-4-17-31-22(28)18-23(32-17)35(13-29-18)26-20(37)19(36)21(42-26)24(38)30-16-5-6-16/h13-16,19-21,26,36-37H,2-12H2,1H3,(H,30,38)(H2,28,31,32)/t15?,19-,20?,21+,26-/m1/s1. The normalized spacial score (nSPS) is 28.3. The predicted molar refractivity (Wildman–Crippen MR) is 147 cm³/mol. The van der Waals surface area contributed by atoms with Crippen molar-refractivity contribution in [2.75, 3.05) is 39.0 Å². The molecule has 4 aliphatic rings. The Morgan fingerprint density at radius 2 is 1.93 bits per heavy atom. The van der Waals surface area contributed by atoms with Crippen molar-refractivity contribution in [1.29, 1.82) is 0 Å². The number of fused-ring (bicyclic) bond motifs is 1. The average molecular weight is 587 g/mol. The van der Waals surface area contributed by atoms with Crippen LogP contribution in [0, 0.1) is 11.8 Å². The summed E-state index contributed by atoms with van der Waals surface area (Å²) in [6, 6.07) is 0.0927. The van der Waals surface area contributed by atoms with Gasteiger partial charge >= 0.3 is 6.09 Å². The van der Waals surface area contributed by atoms with E-state index in [-0.39, 0.29) is 36.4 Å². The minimum Gasteiger partial charge on any atom is -0.448 e. The first kappa shape index (κ1) is 28.6. The number of imidazole rings is 1. The Kier molecular flexibility index (Phi) is 7.89. The van der Waals surface area contributed by atoms with Crippen molar-refractivity contribution in [2.24, 2.45) is 11.8 Å². The lowest BCUT2D eigenvalue weighted by atomic mass is 9.91. The molecule has 1 aliphatic carbocycles. The van der Waals surface area contributed by atoms with E-state index in [1.54, 1.807) is 16.8 Å². The van der Waals surface area contributed by atoms with Crippen molar-refractivity contribution < 1.29 is 34.1 Å². The van der Waals surface area contributed by atoms with Gasteiger partial charge in [0.2, 0.25) is 5.91 Å². The summed E-state index contributed by atoms with van der Waals surface area (Å²) in [6.07, 6.45) is 1.87. The van der Waals surface area contributed by atoms with E-state index in [2.05, 4.69) is 20.3 Å². The predicted octanol–water partition coefficient (Wildman–Crippen LogP) is -0.434.